The number of halogens is 2. The van der Waals surface area contributed by atoms with Crippen molar-refractivity contribution in [3.05, 3.63) is 45.5 Å². The van der Waals surface area contributed by atoms with Crippen molar-refractivity contribution in [1.29, 1.82) is 0 Å². The maximum Gasteiger partial charge on any atom is 0.191 e. The molecule has 2 aromatic rings. The van der Waals surface area contributed by atoms with Crippen LogP contribution in [0.3, 0.4) is 0 Å². The summed E-state index contributed by atoms with van der Waals surface area (Å²) in [5, 5.41) is 16.4. The molecule has 1 aromatic heterocycles. The van der Waals surface area contributed by atoms with Crippen LogP contribution < -0.4 is 10.6 Å². The minimum absolute atomic E-state index is 0.505. The molecule has 1 atom stereocenters. The number of aromatic nitrogens is 3. The van der Waals surface area contributed by atoms with Gasteiger partial charge in [-0.1, -0.05) is 29.3 Å². The van der Waals surface area contributed by atoms with Crippen molar-refractivity contribution in [1.82, 2.24) is 25.4 Å². The second-order valence-electron chi connectivity index (χ2n) is 6.49. The number of rotatable bonds is 5. The highest BCUT2D eigenvalue weighted by molar-refractivity contribution is 6.35. The largest absolute Gasteiger partial charge is 0.357 e. The van der Waals surface area contributed by atoms with Gasteiger partial charge in [0.15, 0.2) is 5.96 Å². The number of nitrogens with one attached hydrogen (secondary N) is 2. The van der Waals surface area contributed by atoms with Gasteiger partial charge in [0, 0.05) is 36.1 Å². The minimum atomic E-state index is 0.505. The fraction of sp³-hybridized carbons (Fsp3) is 0.500. The summed E-state index contributed by atoms with van der Waals surface area (Å²) in [7, 11) is 0. The molecular weight excluding hydrogens is 371 g/mol. The molecule has 1 unspecified atom stereocenters. The molecule has 0 fully saturated rings. The lowest BCUT2D eigenvalue weighted by Gasteiger charge is -2.25. The van der Waals surface area contributed by atoms with E-state index in [-0.39, 0.29) is 0 Å². The summed E-state index contributed by atoms with van der Waals surface area (Å²) < 4.78 is 2.22. The van der Waals surface area contributed by atoms with Crippen molar-refractivity contribution in [2.24, 2.45) is 10.9 Å². The molecule has 2 heterocycles. The van der Waals surface area contributed by atoms with E-state index in [1.807, 2.05) is 19.1 Å². The molecule has 0 saturated carbocycles. The van der Waals surface area contributed by atoms with Crippen molar-refractivity contribution in [2.45, 2.75) is 39.8 Å². The molecule has 0 radical (unpaired) electrons. The second-order valence-corrected chi connectivity index (χ2v) is 7.33. The van der Waals surface area contributed by atoms with Crippen molar-refractivity contribution >= 4 is 29.2 Å². The maximum absolute atomic E-state index is 6.23. The molecule has 8 heteroatoms. The smallest absolute Gasteiger partial charge is 0.191 e. The number of fused-ring (bicyclic) bond motifs is 1. The first kappa shape index (κ1) is 19.0. The summed E-state index contributed by atoms with van der Waals surface area (Å²) in [6, 6.07) is 5.49. The number of hydrogen-bond acceptors (Lipinski definition) is 3. The van der Waals surface area contributed by atoms with E-state index in [0.717, 1.165) is 55.6 Å². The van der Waals surface area contributed by atoms with Crippen LogP contribution in [0.5, 0.6) is 0 Å². The number of guanidine groups is 1. The first-order valence-electron chi connectivity index (χ1n) is 8.91. The number of hydrogen-bond donors (Lipinski definition) is 2. The van der Waals surface area contributed by atoms with Crippen LogP contribution >= 0.6 is 23.2 Å². The Morgan fingerprint density at radius 2 is 2.15 bits per heavy atom. The topological polar surface area (TPSA) is 67.1 Å². The third kappa shape index (κ3) is 4.68. The molecule has 0 aliphatic carbocycles. The molecule has 1 aliphatic heterocycles. The van der Waals surface area contributed by atoms with E-state index in [0.29, 0.717) is 22.5 Å². The summed E-state index contributed by atoms with van der Waals surface area (Å²) in [6.45, 7) is 7.18. The van der Waals surface area contributed by atoms with Crippen LogP contribution in [-0.2, 0) is 19.5 Å². The molecule has 2 N–H and O–H groups in total. The molecule has 1 aliphatic rings. The van der Waals surface area contributed by atoms with E-state index < -0.39 is 0 Å². The molecule has 6 nitrogen and oxygen atoms in total. The van der Waals surface area contributed by atoms with Gasteiger partial charge in [-0.3, -0.25) is 0 Å². The Hall–Kier alpha value is -1.79. The Morgan fingerprint density at radius 3 is 2.92 bits per heavy atom. The predicted molar refractivity (Wildman–Crippen MR) is 106 cm³/mol. The fourth-order valence-electron chi connectivity index (χ4n) is 3.09. The van der Waals surface area contributed by atoms with Gasteiger partial charge in [0.05, 0.1) is 6.54 Å². The minimum Gasteiger partial charge on any atom is -0.357 e. The SMILES string of the molecule is CCNC(=NCc1ccc(Cl)cc1Cl)NCC1CCc2nnc(C)n2C1. The molecule has 140 valence electrons. The van der Waals surface area contributed by atoms with Gasteiger partial charge in [-0.2, -0.15) is 0 Å². The van der Waals surface area contributed by atoms with Crippen LogP contribution in [-0.4, -0.2) is 33.8 Å². The predicted octanol–water partition coefficient (Wildman–Crippen LogP) is 3.21. The van der Waals surface area contributed by atoms with E-state index in [2.05, 4.69) is 37.3 Å². The highest BCUT2D eigenvalue weighted by atomic mass is 35.5. The first-order valence-corrected chi connectivity index (χ1v) is 9.67. The first-order chi connectivity index (χ1) is 12.6. The zero-order chi connectivity index (χ0) is 18.5. The standard InChI is InChI=1S/C18H24Cl2N6/c1-3-21-18(23-10-14-5-6-15(19)8-16(14)20)22-9-13-4-7-17-25-24-12(2)26(17)11-13/h5-6,8,13H,3-4,7,9-11H2,1-2H3,(H2,21,22,23). The van der Waals surface area contributed by atoms with Gasteiger partial charge in [0.25, 0.3) is 0 Å². The third-order valence-corrected chi connectivity index (χ3v) is 5.14. The maximum atomic E-state index is 6.23. The summed E-state index contributed by atoms with van der Waals surface area (Å²) in [4.78, 5) is 4.65. The Balaban J connectivity index is 1.59. The second kappa shape index (κ2) is 8.73. The van der Waals surface area contributed by atoms with Crippen molar-refractivity contribution < 1.29 is 0 Å². The van der Waals surface area contributed by atoms with Crippen molar-refractivity contribution in [3.8, 4) is 0 Å². The average molecular weight is 395 g/mol. The van der Waals surface area contributed by atoms with Gasteiger partial charge in [-0.05, 0) is 43.9 Å². The van der Waals surface area contributed by atoms with Crippen molar-refractivity contribution in [2.75, 3.05) is 13.1 Å². The van der Waals surface area contributed by atoms with E-state index >= 15 is 0 Å². The van der Waals surface area contributed by atoms with E-state index in [9.17, 15) is 0 Å². The molecule has 0 spiro atoms. The van der Waals surface area contributed by atoms with Gasteiger partial charge >= 0.3 is 0 Å². The Labute approximate surface area is 164 Å². The van der Waals surface area contributed by atoms with Crippen molar-refractivity contribution in [3.63, 3.8) is 0 Å². The lowest BCUT2D eigenvalue weighted by Crippen LogP contribution is -2.41. The van der Waals surface area contributed by atoms with Crippen LogP contribution in [0.25, 0.3) is 0 Å². The normalized spacial score (nSPS) is 17.1. The highest BCUT2D eigenvalue weighted by Crippen LogP contribution is 2.22. The molecule has 1 aromatic carbocycles. The lowest BCUT2D eigenvalue weighted by atomic mass is 9.99. The number of nitrogens with zero attached hydrogens (tertiary/aromatic N) is 4. The Bertz CT molecular complexity index is 786. The highest BCUT2D eigenvalue weighted by Gasteiger charge is 2.21. The van der Waals surface area contributed by atoms with Gasteiger partial charge < -0.3 is 15.2 Å². The van der Waals surface area contributed by atoms with Gasteiger partial charge in [0.2, 0.25) is 0 Å². The van der Waals surface area contributed by atoms with Crippen LogP contribution in [0.2, 0.25) is 10.0 Å². The monoisotopic (exact) mass is 394 g/mol. The molecular formula is C18H24Cl2N6. The van der Waals surface area contributed by atoms with Gasteiger partial charge in [0.1, 0.15) is 11.6 Å². The number of aryl methyl sites for hydroxylation is 2. The zero-order valence-electron chi connectivity index (χ0n) is 15.1. The molecule has 26 heavy (non-hydrogen) atoms. The molecule has 3 rings (SSSR count). The van der Waals surface area contributed by atoms with Crippen LogP contribution in [0.15, 0.2) is 23.2 Å². The number of benzene rings is 1. The van der Waals surface area contributed by atoms with Crippen LogP contribution in [0.4, 0.5) is 0 Å². The molecule has 0 saturated heterocycles. The third-order valence-electron chi connectivity index (χ3n) is 4.55. The summed E-state index contributed by atoms with van der Waals surface area (Å²) in [5.74, 6) is 3.41. The summed E-state index contributed by atoms with van der Waals surface area (Å²) in [5.41, 5.74) is 0.954. The summed E-state index contributed by atoms with van der Waals surface area (Å²) >= 11 is 12.2. The Kier molecular flexibility index (Phi) is 6.38. The van der Waals surface area contributed by atoms with Crippen LogP contribution in [0.1, 0.15) is 30.6 Å². The Morgan fingerprint density at radius 1 is 1.31 bits per heavy atom. The van der Waals surface area contributed by atoms with Gasteiger partial charge in [-0.25, -0.2) is 4.99 Å². The zero-order valence-corrected chi connectivity index (χ0v) is 16.6. The quantitative estimate of drug-likeness (QED) is 0.603. The fourth-order valence-corrected chi connectivity index (χ4v) is 3.56. The van der Waals surface area contributed by atoms with E-state index in [4.69, 9.17) is 23.2 Å². The number of aliphatic imine (C=N–C) groups is 1. The molecule has 0 amide bonds. The molecule has 0 bridgehead atoms. The summed E-state index contributed by atoms with van der Waals surface area (Å²) in [6.07, 6.45) is 2.08. The van der Waals surface area contributed by atoms with E-state index in [1.54, 1.807) is 6.07 Å². The lowest BCUT2D eigenvalue weighted by molar-refractivity contribution is 0.358. The van der Waals surface area contributed by atoms with Crippen LogP contribution in [0, 0.1) is 12.8 Å². The van der Waals surface area contributed by atoms with Gasteiger partial charge in [-0.15, -0.1) is 10.2 Å². The van der Waals surface area contributed by atoms with E-state index in [1.165, 1.54) is 0 Å². The average Bonchev–Trinajstić information content (AvgIpc) is 2.99.